The highest BCUT2D eigenvalue weighted by Gasteiger charge is 2.09. The predicted octanol–water partition coefficient (Wildman–Crippen LogP) is 3.32. The van der Waals surface area contributed by atoms with Gasteiger partial charge in [0.1, 0.15) is 11.1 Å². The van der Waals surface area contributed by atoms with E-state index >= 15 is 0 Å². The van der Waals surface area contributed by atoms with Gasteiger partial charge in [0.15, 0.2) is 5.16 Å². The molecule has 3 rings (SSSR count). The second-order valence-corrected chi connectivity index (χ2v) is 5.43. The molecule has 0 bridgehead atoms. The van der Waals surface area contributed by atoms with Crippen molar-refractivity contribution in [1.82, 2.24) is 14.5 Å². The van der Waals surface area contributed by atoms with Crippen LogP contribution in [0.5, 0.6) is 0 Å². The summed E-state index contributed by atoms with van der Waals surface area (Å²) in [7, 11) is 0. The summed E-state index contributed by atoms with van der Waals surface area (Å²) in [6, 6.07) is 12.0. The third-order valence-electron chi connectivity index (χ3n) is 3.44. The molecular formula is C16H16N4S. The molecule has 0 aliphatic rings. The first-order valence-corrected chi connectivity index (χ1v) is 8.01. The van der Waals surface area contributed by atoms with Gasteiger partial charge in [-0.2, -0.15) is 0 Å². The Hall–Kier alpha value is -2.14. The van der Waals surface area contributed by atoms with Crippen molar-refractivity contribution in [3.05, 3.63) is 48.1 Å². The topological polar surface area (TPSA) is 54.6 Å². The van der Waals surface area contributed by atoms with E-state index in [1.54, 1.807) is 0 Å². The fraction of sp³-hybridized carbons (Fsp3) is 0.188. The van der Waals surface area contributed by atoms with Crippen molar-refractivity contribution in [2.75, 3.05) is 6.26 Å². The van der Waals surface area contributed by atoms with Crippen LogP contribution in [0.25, 0.3) is 22.2 Å². The van der Waals surface area contributed by atoms with Crippen LogP contribution >= 0.6 is 11.8 Å². The zero-order valence-corrected chi connectivity index (χ0v) is 12.8. The van der Waals surface area contributed by atoms with E-state index < -0.39 is 0 Å². The van der Waals surface area contributed by atoms with E-state index in [0.29, 0.717) is 12.0 Å². The lowest BCUT2D eigenvalue weighted by Crippen LogP contribution is -2.22. The summed E-state index contributed by atoms with van der Waals surface area (Å²) in [4.78, 5) is 8.90. The van der Waals surface area contributed by atoms with E-state index in [0.717, 1.165) is 27.3 Å². The molecule has 0 spiro atoms. The van der Waals surface area contributed by atoms with Crippen LogP contribution in [0.15, 0.2) is 47.8 Å². The van der Waals surface area contributed by atoms with Crippen LogP contribution in [0.3, 0.4) is 0 Å². The standard InChI is InChI=1S/C16H16N4S/c1-3-20-14(17)13(11-7-5-4-6-8-11)9-12-10-18-16(21-2)19-15(12)20/h4-10,17H,3H2,1-2H3. The molecule has 0 aliphatic heterocycles. The number of pyridine rings is 1. The third kappa shape index (κ3) is 2.45. The molecular weight excluding hydrogens is 280 g/mol. The largest absolute Gasteiger partial charge is 0.311 e. The predicted molar refractivity (Wildman–Crippen MR) is 86.3 cm³/mol. The van der Waals surface area contributed by atoms with Gasteiger partial charge in [0, 0.05) is 23.7 Å². The molecule has 3 aromatic rings. The molecule has 0 amide bonds. The third-order valence-corrected chi connectivity index (χ3v) is 4.00. The summed E-state index contributed by atoms with van der Waals surface area (Å²) in [5.41, 5.74) is 3.26. The van der Waals surface area contributed by atoms with Gasteiger partial charge in [-0.3, -0.25) is 5.41 Å². The fourth-order valence-corrected chi connectivity index (χ4v) is 2.74. The number of nitrogens with one attached hydrogen (secondary N) is 1. The van der Waals surface area contributed by atoms with Gasteiger partial charge in [0.2, 0.25) is 0 Å². The fourth-order valence-electron chi connectivity index (χ4n) is 2.40. The SMILES string of the molecule is CCn1c(=N)c(-c2ccccc2)cc2cnc(SC)nc21. The van der Waals surface area contributed by atoms with Crippen LogP contribution in [0.1, 0.15) is 6.92 Å². The number of aromatic nitrogens is 3. The first-order chi connectivity index (χ1) is 10.2. The maximum atomic E-state index is 8.49. The maximum Gasteiger partial charge on any atom is 0.189 e. The molecule has 1 N–H and O–H groups in total. The first-order valence-electron chi connectivity index (χ1n) is 6.79. The van der Waals surface area contributed by atoms with Gasteiger partial charge in [0.05, 0.1) is 0 Å². The average molecular weight is 296 g/mol. The van der Waals surface area contributed by atoms with Crippen LogP contribution in [0.4, 0.5) is 0 Å². The molecule has 2 aromatic heterocycles. The molecule has 0 fully saturated rings. The van der Waals surface area contributed by atoms with Crippen LogP contribution in [0, 0.1) is 5.41 Å². The van der Waals surface area contributed by atoms with Gasteiger partial charge in [-0.1, -0.05) is 42.1 Å². The molecule has 1 aromatic carbocycles. The molecule has 106 valence electrons. The van der Waals surface area contributed by atoms with Crippen molar-refractivity contribution in [1.29, 1.82) is 5.41 Å². The van der Waals surface area contributed by atoms with E-state index in [4.69, 9.17) is 5.41 Å². The second kappa shape index (κ2) is 5.69. The summed E-state index contributed by atoms with van der Waals surface area (Å²) in [6.07, 6.45) is 3.80. The summed E-state index contributed by atoms with van der Waals surface area (Å²) in [6.45, 7) is 2.74. The molecule has 21 heavy (non-hydrogen) atoms. The van der Waals surface area contributed by atoms with Crippen LogP contribution < -0.4 is 5.49 Å². The van der Waals surface area contributed by atoms with Crippen molar-refractivity contribution in [3.8, 4) is 11.1 Å². The van der Waals surface area contributed by atoms with Gasteiger partial charge >= 0.3 is 0 Å². The number of rotatable bonds is 3. The number of hydrogen-bond acceptors (Lipinski definition) is 4. The Labute approximate surface area is 127 Å². The van der Waals surface area contributed by atoms with E-state index in [-0.39, 0.29) is 0 Å². The van der Waals surface area contributed by atoms with Crippen molar-refractivity contribution in [2.24, 2.45) is 0 Å². The van der Waals surface area contributed by atoms with Crippen LogP contribution in [-0.2, 0) is 6.54 Å². The minimum absolute atomic E-state index is 0.488. The Morgan fingerprint density at radius 1 is 1.24 bits per heavy atom. The lowest BCUT2D eigenvalue weighted by Gasteiger charge is -2.12. The average Bonchev–Trinajstić information content (AvgIpc) is 2.54. The van der Waals surface area contributed by atoms with Gasteiger partial charge in [-0.05, 0) is 24.8 Å². The van der Waals surface area contributed by atoms with E-state index in [1.807, 2.05) is 60.3 Å². The minimum atomic E-state index is 0.488. The van der Waals surface area contributed by atoms with E-state index in [1.165, 1.54) is 11.8 Å². The van der Waals surface area contributed by atoms with Crippen molar-refractivity contribution >= 4 is 22.8 Å². The first kappa shape index (κ1) is 13.8. The van der Waals surface area contributed by atoms with E-state index in [9.17, 15) is 0 Å². The second-order valence-electron chi connectivity index (χ2n) is 4.65. The number of benzene rings is 1. The monoisotopic (exact) mass is 296 g/mol. The van der Waals surface area contributed by atoms with Crippen molar-refractivity contribution in [2.45, 2.75) is 18.6 Å². The lowest BCUT2D eigenvalue weighted by atomic mass is 10.1. The summed E-state index contributed by atoms with van der Waals surface area (Å²) in [5.74, 6) is 0. The maximum absolute atomic E-state index is 8.49. The number of thioether (sulfide) groups is 1. The molecule has 0 saturated carbocycles. The number of nitrogens with zero attached hydrogens (tertiary/aromatic N) is 3. The normalized spacial score (nSPS) is 11.0. The zero-order chi connectivity index (χ0) is 14.8. The van der Waals surface area contributed by atoms with Gasteiger partial charge < -0.3 is 4.57 Å². The molecule has 2 heterocycles. The van der Waals surface area contributed by atoms with Crippen LogP contribution in [0.2, 0.25) is 0 Å². The summed E-state index contributed by atoms with van der Waals surface area (Å²) in [5, 5.41) is 10.2. The molecule has 0 saturated heterocycles. The Morgan fingerprint density at radius 2 is 2.00 bits per heavy atom. The highest BCUT2D eigenvalue weighted by molar-refractivity contribution is 7.98. The van der Waals surface area contributed by atoms with Gasteiger partial charge in [-0.15, -0.1) is 0 Å². The number of aryl methyl sites for hydroxylation is 1. The minimum Gasteiger partial charge on any atom is -0.311 e. The Morgan fingerprint density at radius 3 is 2.67 bits per heavy atom. The molecule has 0 aliphatic carbocycles. The van der Waals surface area contributed by atoms with Crippen LogP contribution in [-0.4, -0.2) is 20.8 Å². The number of hydrogen-bond donors (Lipinski definition) is 1. The van der Waals surface area contributed by atoms with Gasteiger partial charge in [0.25, 0.3) is 0 Å². The summed E-state index contributed by atoms with van der Waals surface area (Å²) < 4.78 is 1.93. The van der Waals surface area contributed by atoms with Gasteiger partial charge in [-0.25, -0.2) is 9.97 Å². The smallest absolute Gasteiger partial charge is 0.189 e. The molecule has 0 radical (unpaired) electrons. The highest BCUT2D eigenvalue weighted by Crippen LogP contribution is 2.21. The Balaban J connectivity index is 2.34. The Kier molecular flexibility index (Phi) is 3.75. The van der Waals surface area contributed by atoms with E-state index in [2.05, 4.69) is 9.97 Å². The quantitative estimate of drug-likeness (QED) is 0.596. The molecule has 0 atom stereocenters. The number of fused-ring (bicyclic) bond motifs is 1. The Bertz CT molecular complexity index is 840. The lowest BCUT2D eigenvalue weighted by molar-refractivity contribution is 0.719. The summed E-state index contributed by atoms with van der Waals surface area (Å²) >= 11 is 1.51. The molecule has 5 heteroatoms. The molecule has 4 nitrogen and oxygen atoms in total. The van der Waals surface area contributed by atoms with Crippen molar-refractivity contribution in [3.63, 3.8) is 0 Å². The highest BCUT2D eigenvalue weighted by atomic mass is 32.2. The van der Waals surface area contributed by atoms with Crippen molar-refractivity contribution < 1.29 is 0 Å². The molecule has 0 unspecified atom stereocenters. The zero-order valence-electron chi connectivity index (χ0n) is 12.0.